The zero-order valence-electron chi connectivity index (χ0n) is 15.0. The van der Waals surface area contributed by atoms with E-state index < -0.39 is 10.0 Å². The van der Waals surface area contributed by atoms with E-state index in [-0.39, 0.29) is 5.91 Å². The van der Waals surface area contributed by atoms with E-state index in [9.17, 15) is 13.2 Å². The molecule has 140 valence electrons. The van der Waals surface area contributed by atoms with E-state index in [0.717, 1.165) is 25.7 Å². The van der Waals surface area contributed by atoms with E-state index in [0.29, 0.717) is 37.7 Å². The summed E-state index contributed by atoms with van der Waals surface area (Å²) in [5.41, 5.74) is 1.85. The molecule has 0 saturated carbocycles. The third-order valence-electron chi connectivity index (χ3n) is 4.59. The minimum absolute atomic E-state index is 0.0656. The summed E-state index contributed by atoms with van der Waals surface area (Å²) in [4.78, 5) is 12.0. The molecule has 7 heteroatoms. The number of hydrogen-bond donors (Lipinski definition) is 1. The van der Waals surface area contributed by atoms with Gasteiger partial charge in [-0.05, 0) is 49.3 Å². The number of amides is 1. The molecule has 0 radical (unpaired) electrons. The number of nitrogens with zero attached hydrogens (tertiary/aromatic N) is 1. The Morgan fingerprint density at radius 2 is 1.88 bits per heavy atom. The van der Waals surface area contributed by atoms with Gasteiger partial charge in [-0.25, -0.2) is 12.7 Å². The van der Waals surface area contributed by atoms with Crippen LogP contribution in [-0.2, 0) is 21.2 Å². The number of carbonyl (C=O) groups is 1. The Balaban J connectivity index is 1.80. The molecule has 6 nitrogen and oxygen atoms in total. The molecular formula is C18H28N2O4S. The molecule has 1 amide bonds. The zero-order valence-corrected chi connectivity index (χ0v) is 15.8. The van der Waals surface area contributed by atoms with Gasteiger partial charge in [0.25, 0.3) is 5.91 Å². The molecule has 0 aliphatic carbocycles. The van der Waals surface area contributed by atoms with Crippen LogP contribution in [0.1, 0.15) is 35.2 Å². The number of sulfonamides is 1. The molecule has 1 aromatic carbocycles. The average molecular weight is 368 g/mol. The first kappa shape index (κ1) is 19.9. The first-order chi connectivity index (χ1) is 11.9. The normalized spacial score (nSPS) is 16.7. The second kappa shape index (κ2) is 9.31. The van der Waals surface area contributed by atoms with Gasteiger partial charge in [0, 0.05) is 38.9 Å². The second-order valence-electron chi connectivity index (χ2n) is 6.61. The third kappa shape index (κ3) is 6.41. The molecular weight excluding hydrogens is 340 g/mol. The summed E-state index contributed by atoms with van der Waals surface area (Å²) in [6.07, 6.45) is 4.76. The molecule has 1 fully saturated rings. The molecule has 1 aliphatic heterocycles. The van der Waals surface area contributed by atoms with Crippen LogP contribution < -0.4 is 5.32 Å². The van der Waals surface area contributed by atoms with Crippen LogP contribution in [0.15, 0.2) is 24.3 Å². The van der Waals surface area contributed by atoms with Crippen molar-refractivity contribution in [1.82, 2.24) is 9.62 Å². The van der Waals surface area contributed by atoms with Crippen LogP contribution in [0.25, 0.3) is 0 Å². The molecule has 1 aromatic rings. The Morgan fingerprint density at radius 3 is 2.44 bits per heavy atom. The lowest BCUT2D eigenvalue weighted by atomic mass is 9.91. The molecule has 1 N–H and O–H groups in total. The number of piperidine rings is 1. The van der Waals surface area contributed by atoms with Gasteiger partial charge in [-0.1, -0.05) is 12.1 Å². The minimum atomic E-state index is -3.07. The monoisotopic (exact) mass is 368 g/mol. The molecule has 25 heavy (non-hydrogen) atoms. The van der Waals surface area contributed by atoms with Gasteiger partial charge in [0.15, 0.2) is 0 Å². The van der Waals surface area contributed by atoms with Crippen LogP contribution in [0.2, 0.25) is 0 Å². The number of ether oxygens (including phenoxy) is 1. The Hall–Kier alpha value is -1.44. The average Bonchev–Trinajstić information content (AvgIpc) is 2.59. The quantitative estimate of drug-likeness (QED) is 0.708. The maximum absolute atomic E-state index is 12.0. The van der Waals surface area contributed by atoms with Gasteiger partial charge in [0.1, 0.15) is 0 Å². The Kier molecular flexibility index (Phi) is 7.40. The molecule has 0 atom stereocenters. The van der Waals surface area contributed by atoms with Crippen molar-refractivity contribution in [2.45, 2.75) is 25.7 Å². The van der Waals surface area contributed by atoms with E-state index in [2.05, 4.69) is 5.32 Å². The summed E-state index contributed by atoms with van der Waals surface area (Å²) in [7, 11) is -1.42. The molecule has 1 heterocycles. The minimum Gasteiger partial charge on any atom is -0.385 e. The Morgan fingerprint density at radius 1 is 1.24 bits per heavy atom. The van der Waals surface area contributed by atoms with E-state index in [1.165, 1.54) is 11.8 Å². The summed E-state index contributed by atoms with van der Waals surface area (Å²) < 4.78 is 29.6. The van der Waals surface area contributed by atoms with Crippen molar-refractivity contribution in [3.63, 3.8) is 0 Å². The Labute approximate surface area is 150 Å². The highest BCUT2D eigenvalue weighted by atomic mass is 32.2. The van der Waals surface area contributed by atoms with Gasteiger partial charge in [-0.3, -0.25) is 4.79 Å². The number of carbonyl (C=O) groups excluding carboxylic acids is 1. The lowest BCUT2D eigenvalue weighted by molar-refractivity contribution is 0.0948. The first-order valence-electron chi connectivity index (χ1n) is 8.71. The van der Waals surface area contributed by atoms with Crippen molar-refractivity contribution in [1.29, 1.82) is 0 Å². The van der Waals surface area contributed by atoms with Crippen molar-refractivity contribution in [3.8, 4) is 0 Å². The number of benzene rings is 1. The van der Waals surface area contributed by atoms with E-state index in [1.807, 2.05) is 24.3 Å². The smallest absolute Gasteiger partial charge is 0.251 e. The third-order valence-corrected chi connectivity index (χ3v) is 5.90. The van der Waals surface area contributed by atoms with Crippen LogP contribution in [0.3, 0.4) is 0 Å². The highest BCUT2D eigenvalue weighted by Gasteiger charge is 2.24. The second-order valence-corrected chi connectivity index (χ2v) is 8.59. The molecule has 1 saturated heterocycles. The van der Waals surface area contributed by atoms with E-state index in [4.69, 9.17) is 4.74 Å². The summed E-state index contributed by atoms with van der Waals surface area (Å²) in [5.74, 6) is 0.427. The van der Waals surface area contributed by atoms with E-state index >= 15 is 0 Å². The molecule has 0 aromatic heterocycles. The standard InChI is InChI=1S/C18H28N2O4S/c1-24-13-3-10-19-18(21)17-6-4-15(5-7-17)14-16-8-11-20(12-9-16)25(2,22)23/h4-7,16H,3,8-14H2,1-2H3,(H,19,21). The van der Waals surface area contributed by atoms with Gasteiger partial charge in [-0.15, -0.1) is 0 Å². The summed E-state index contributed by atoms with van der Waals surface area (Å²) in [6.45, 7) is 2.45. The fraction of sp³-hybridized carbons (Fsp3) is 0.611. The SMILES string of the molecule is COCCCNC(=O)c1ccc(CC2CCN(S(C)(=O)=O)CC2)cc1. The van der Waals surface area contributed by atoms with Gasteiger partial charge in [-0.2, -0.15) is 0 Å². The van der Waals surface area contributed by atoms with Crippen LogP contribution in [0.4, 0.5) is 0 Å². The van der Waals surface area contributed by atoms with Gasteiger partial charge in [0.05, 0.1) is 6.26 Å². The Bertz CT molecular complexity index is 650. The van der Waals surface area contributed by atoms with Crippen molar-refractivity contribution < 1.29 is 17.9 Å². The van der Waals surface area contributed by atoms with Crippen molar-refractivity contribution in [2.75, 3.05) is 39.6 Å². The lowest BCUT2D eigenvalue weighted by Crippen LogP contribution is -2.38. The van der Waals surface area contributed by atoms with Gasteiger partial charge in [0.2, 0.25) is 10.0 Å². The molecule has 0 unspecified atom stereocenters. The largest absolute Gasteiger partial charge is 0.385 e. The van der Waals surface area contributed by atoms with Crippen molar-refractivity contribution in [3.05, 3.63) is 35.4 Å². The van der Waals surface area contributed by atoms with Crippen LogP contribution >= 0.6 is 0 Å². The number of hydrogen-bond acceptors (Lipinski definition) is 4. The van der Waals surface area contributed by atoms with Gasteiger partial charge < -0.3 is 10.1 Å². The number of nitrogens with one attached hydrogen (secondary N) is 1. The zero-order chi connectivity index (χ0) is 18.3. The van der Waals surface area contributed by atoms with E-state index in [1.54, 1.807) is 11.4 Å². The van der Waals surface area contributed by atoms with Crippen LogP contribution in [0.5, 0.6) is 0 Å². The molecule has 0 spiro atoms. The van der Waals surface area contributed by atoms with Crippen molar-refractivity contribution >= 4 is 15.9 Å². The maximum atomic E-state index is 12.0. The summed E-state index contributed by atoms with van der Waals surface area (Å²) >= 11 is 0. The predicted octanol–water partition coefficient (Wildman–Crippen LogP) is 1.67. The maximum Gasteiger partial charge on any atom is 0.251 e. The van der Waals surface area contributed by atoms with Crippen LogP contribution in [0, 0.1) is 5.92 Å². The summed E-state index contributed by atoms with van der Waals surface area (Å²) in [6, 6.07) is 7.69. The fourth-order valence-electron chi connectivity index (χ4n) is 3.09. The fourth-order valence-corrected chi connectivity index (χ4v) is 3.97. The topological polar surface area (TPSA) is 75.7 Å². The number of rotatable bonds is 8. The van der Waals surface area contributed by atoms with Gasteiger partial charge >= 0.3 is 0 Å². The predicted molar refractivity (Wildman–Crippen MR) is 98.1 cm³/mol. The highest BCUT2D eigenvalue weighted by molar-refractivity contribution is 7.88. The molecule has 2 rings (SSSR count). The first-order valence-corrected chi connectivity index (χ1v) is 10.6. The van der Waals surface area contributed by atoms with Crippen molar-refractivity contribution in [2.24, 2.45) is 5.92 Å². The van der Waals surface area contributed by atoms with Crippen LogP contribution in [-0.4, -0.2) is 58.2 Å². The number of methoxy groups -OCH3 is 1. The molecule has 1 aliphatic rings. The highest BCUT2D eigenvalue weighted by Crippen LogP contribution is 2.23. The molecule has 0 bridgehead atoms. The lowest BCUT2D eigenvalue weighted by Gasteiger charge is -2.30. The summed E-state index contributed by atoms with van der Waals surface area (Å²) in [5, 5.41) is 2.87.